The standard InChI is InChI=1S/C11H14ClN3O2/c1-6-3-4-8(5-9(6)12)15-10(16)7(2)14-11(13)17/h3-5,7H,1-2H3,(H,15,16)(H3,13,14,17)/t7-/m0/s1. The van der Waals surface area contributed by atoms with Gasteiger partial charge in [0.05, 0.1) is 0 Å². The molecule has 0 fully saturated rings. The van der Waals surface area contributed by atoms with Crippen molar-refractivity contribution in [2.45, 2.75) is 19.9 Å². The number of primary amides is 1. The lowest BCUT2D eigenvalue weighted by molar-refractivity contribution is -0.117. The number of rotatable bonds is 3. The quantitative estimate of drug-likeness (QED) is 0.767. The maximum Gasteiger partial charge on any atom is 0.312 e. The minimum atomic E-state index is -0.741. The Morgan fingerprint density at radius 3 is 2.59 bits per heavy atom. The summed E-state index contributed by atoms with van der Waals surface area (Å²) >= 11 is 5.92. The molecule has 0 aliphatic carbocycles. The molecular weight excluding hydrogens is 242 g/mol. The Balaban J connectivity index is 2.67. The van der Waals surface area contributed by atoms with Crippen LogP contribution in [0, 0.1) is 6.92 Å². The first-order valence-corrected chi connectivity index (χ1v) is 5.41. The second kappa shape index (κ2) is 5.54. The fraction of sp³-hybridized carbons (Fsp3) is 0.273. The molecule has 0 heterocycles. The summed E-state index contributed by atoms with van der Waals surface area (Å²) in [6.07, 6.45) is 0. The van der Waals surface area contributed by atoms with Gasteiger partial charge in [-0.05, 0) is 31.5 Å². The number of nitrogens with two attached hydrogens (primary N) is 1. The topological polar surface area (TPSA) is 84.2 Å². The fourth-order valence-corrected chi connectivity index (χ4v) is 1.38. The Morgan fingerprint density at radius 1 is 1.41 bits per heavy atom. The van der Waals surface area contributed by atoms with E-state index in [0.29, 0.717) is 10.7 Å². The highest BCUT2D eigenvalue weighted by Crippen LogP contribution is 2.19. The third-order valence-electron chi connectivity index (χ3n) is 2.19. The average molecular weight is 256 g/mol. The van der Waals surface area contributed by atoms with Crippen LogP contribution in [0.25, 0.3) is 0 Å². The van der Waals surface area contributed by atoms with Crippen molar-refractivity contribution >= 4 is 29.2 Å². The fourth-order valence-electron chi connectivity index (χ4n) is 1.20. The van der Waals surface area contributed by atoms with Crippen LogP contribution in [0.5, 0.6) is 0 Å². The summed E-state index contributed by atoms with van der Waals surface area (Å²) in [5, 5.41) is 5.47. The third kappa shape index (κ3) is 3.96. The number of carbonyl (C=O) groups excluding carboxylic acids is 2. The summed E-state index contributed by atoms with van der Waals surface area (Å²) in [6, 6.07) is 3.73. The van der Waals surface area contributed by atoms with Crippen molar-refractivity contribution in [3.05, 3.63) is 28.8 Å². The van der Waals surface area contributed by atoms with Gasteiger partial charge >= 0.3 is 6.03 Å². The predicted octanol–water partition coefficient (Wildman–Crippen LogP) is 1.64. The minimum Gasteiger partial charge on any atom is -0.352 e. The first-order valence-electron chi connectivity index (χ1n) is 5.03. The molecule has 0 saturated heterocycles. The summed E-state index contributed by atoms with van der Waals surface area (Å²) in [7, 11) is 0. The highest BCUT2D eigenvalue weighted by molar-refractivity contribution is 6.31. The number of urea groups is 1. The van der Waals surface area contributed by atoms with Crippen molar-refractivity contribution in [3.8, 4) is 0 Å². The first kappa shape index (κ1) is 13.3. The van der Waals surface area contributed by atoms with Gasteiger partial charge in [-0.15, -0.1) is 0 Å². The number of anilines is 1. The van der Waals surface area contributed by atoms with E-state index < -0.39 is 12.1 Å². The number of nitrogens with one attached hydrogen (secondary N) is 2. The first-order chi connectivity index (χ1) is 7.90. The minimum absolute atomic E-state index is 0.358. The van der Waals surface area contributed by atoms with E-state index in [1.807, 2.05) is 6.92 Å². The predicted molar refractivity (Wildman–Crippen MR) is 67.0 cm³/mol. The second-order valence-corrected chi connectivity index (χ2v) is 4.09. The van der Waals surface area contributed by atoms with E-state index in [-0.39, 0.29) is 5.91 Å². The molecule has 0 aromatic heterocycles. The zero-order valence-corrected chi connectivity index (χ0v) is 10.3. The van der Waals surface area contributed by atoms with Crippen molar-refractivity contribution in [2.75, 3.05) is 5.32 Å². The second-order valence-electron chi connectivity index (χ2n) is 3.68. The van der Waals surface area contributed by atoms with E-state index in [9.17, 15) is 9.59 Å². The normalized spacial score (nSPS) is 11.7. The molecule has 0 saturated carbocycles. The van der Waals surface area contributed by atoms with Crippen molar-refractivity contribution in [2.24, 2.45) is 5.73 Å². The van der Waals surface area contributed by atoms with E-state index in [1.54, 1.807) is 18.2 Å². The summed E-state index contributed by atoms with van der Waals surface area (Å²) in [5.41, 5.74) is 6.41. The number of hydrogen-bond donors (Lipinski definition) is 3. The van der Waals surface area contributed by atoms with Crippen LogP contribution in [-0.2, 0) is 4.79 Å². The molecule has 4 N–H and O–H groups in total. The molecule has 17 heavy (non-hydrogen) atoms. The number of hydrogen-bond acceptors (Lipinski definition) is 2. The molecule has 1 aromatic rings. The molecule has 92 valence electrons. The zero-order valence-electron chi connectivity index (χ0n) is 9.58. The average Bonchev–Trinajstić information content (AvgIpc) is 2.22. The lowest BCUT2D eigenvalue weighted by Gasteiger charge is -2.13. The van der Waals surface area contributed by atoms with E-state index in [0.717, 1.165) is 5.56 Å². The van der Waals surface area contributed by atoms with Crippen LogP contribution in [0.1, 0.15) is 12.5 Å². The van der Waals surface area contributed by atoms with Crippen LogP contribution in [0.2, 0.25) is 5.02 Å². The van der Waals surface area contributed by atoms with E-state index in [1.165, 1.54) is 6.92 Å². The van der Waals surface area contributed by atoms with Crippen LogP contribution >= 0.6 is 11.6 Å². The molecule has 0 unspecified atom stereocenters. The van der Waals surface area contributed by atoms with E-state index in [4.69, 9.17) is 17.3 Å². The molecule has 0 bridgehead atoms. The van der Waals surface area contributed by atoms with Gasteiger partial charge < -0.3 is 16.4 Å². The van der Waals surface area contributed by atoms with Crippen molar-refractivity contribution < 1.29 is 9.59 Å². The molecule has 0 aliphatic heterocycles. The largest absolute Gasteiger partial charge is 0.352 e. The van der Waals surface area contributed by atoms with E-state index in [2.05, 4.69) is 10.6 Å². The molecule has 5 nitrogen and oxygen atoms in total. The van der Waals surface area contributed by atoms with Crippen molar-refractivity contribution in [1.82, 2.24) is 5.32 Å². The summed E-state index contributed by atoms with van der Waals surface area (Å²) in [4.78, 5) is 22.2. The highest BCUT2D eigenvalue weighted by atomic mass is 35.5. The van der Waals surface area contributed by atoms with Gasteiger partial charge in [0, 0.05) is 10.7 Å². The van der Waals surface area contributed by atoms with Gasteiger partial charge in [0.2, 0.25) is 5.91 Å². The van der Waals surface area contributed by atoms with Gasteiger partial charge in [-0.25, -0.2) is 4.79 Å². The summed E-state index contributed by atoms with van der Waals surface area (Å²) in [6.45, 7) is 3.40. The molecule has 0 spiro atoms. The van der Waals surface area contributed by atoms with Crippen molar-refractivity contribution in [1.29, 1.82) is 0 Å². The molecule has 6 heteroatoms. The maximum absolute atomic E-state index is 11.6. The van der Waals surface area contributed by atoms with Crippen LogP contribution in [0.3, 0.4) is 0 Å². The van der Waals surface area contributed by atoms with E-state index >= 15 is 0 Å². The number of amides is 3. The van der Waals surface area contributed by atoms with Gasteiger partial charge in [-0.1, -0.05) is 17.7 Å². The lowest BCUT2D eigenvalue weighted by atomic mass is 10.2. The molecule has 1 atom stereocenters. The Bertz CT molecular complexity index is 448. The summed E-state index contributed by atoms with van der Waals surface area (Å²) < 4.78 is 0. The highest BCUT2D eigenvalue weighted by Gasteiger charge is 2.14. The monoisotopic (exact) mass is 255 g/mol. The van der Waals surface area contributed by atoms with Crippen LogP contribution in [-0.4, -0.2) is 18.0 Å². The Hall–Kier alpha value is -1.75. The summed E-state index contributed by atoms with van der Waals surface area (Å²) in [5.74, 6) is -0.358. The Kier molecular flexibility index (Phi) is 4.34. The number of benzene rings is 1. The lowest BCUT2D eigenvalue weighted by Crippen LogP contribution is -2.44. The molecule has 0 radical (unpaired) electrons. The van der Waals surface area contributed by atoms with Gasteiger partial charge in [0.1, 0.15) is 6.04 Å². The number of halogens is 1. The number of aryl methyl sites for hydroxylation is 1. The Morgan fingerprint density at radius 2 is 2.06 bits per heavy atom. The molecular formula is C11H14ClN3O2. The maximum atomic E-state index is 11.6. The molecule has 1 rings (SSSR count). The molecule has 3 amide bonds. The van der Waals surface area contributed by atoms with Gasteiger partial charge in [-0.3, -0.25) is 4.79 Å². The van der Waals surface area contributed by atoms with Crippen LogP contribution in [0.4, 0.5) is 10.5 Å². The van der Waals surface area contributed by atoms with Gasteiger partial charge in [-0.2, -0.15) is 0 Å². The molecule has 0 aliphatic rings. The zero-order chi connectivity index (χ0) is 13.0. The smallest absolute Gasteiger partial charge is 0.312 e. The van der Waals surface area contributed by atoms with Crippen LogP contribution in [0.15, 0.2) is 18.2 Å². The van der Waals surface area contributed by atoms with Gasteiger partial charge in [0.15, 0.2) is 0 Å². The SMILES string of the molecule is Cc1ccc(NC(=O)[C@H](C)NC(N)=O)cc1Cl. The number of carbonyl (C=O) groups is 2. The van der Waals surface area contributed by atoms with Crippen molar-refractivity contribution in [3.63, 3.8) is 0 Å². The van der Waals surface area contributed by atoms with Gasteiger partial charge in [0.25, 0.3) is 0 Å². The Labute approximate surface area is 104 Å². The molecule has 1 aromatic carbocycles. The third-order valence-corrected chi connectivity index (χ3v) is 2.60. The van der Waals surface area contributed by atoms with Crippen LogP contribution < -0.4 is 16.4 Å².